The molecule has 2 aromatic carbocycles. The molecule has 1 fully saturated rings. The van der Waals surface area contributed by atoms with Crippen molar-refractivity contribution in [2.45, 2.75) is 20.8 Å². The second-order valence-electron chi connectivity index (χ2n) is 6.99. The minimum atomic E-state index is -0.222. The average molecular weight is 381 g/mol. The average Bonchev–Trinajstić information content (AvgIpc) is 2.70. The van der Waals surface area contributed by atoms with Gasteiger partial charge in [-0.25, -0.2) is 0 Å². The van der Waals surface area contributed by atoms with Crippen LogP contribution < -0.4 is 15.1 Å². The lowest BCUT2D eigenvalue weighted by molar-refractivity contribution is -0.120. The van der Waals surface area contributed by atoms with Crippen molar-refractivity contribution < 1.29 is 14.3 Å². The van der Waals surface area contributed by atoms with Crippen molar-refractivity contribution >= 4 is 28.9 Å². The molecular formula is C22H27N3O3. The predicted molar refractivity (Wildman–Crippen MR) is 112 cm³/mol. The molecule has 0 bridgehead atoms. The lowest BCUT2D eigenvalue weighted by atomic mass is 10.1. The van der Waals surface area contributed by atoms with Gasteiger partial charge in [0, 0.05) is 25.7 Å². The number of carbonyl (C=O) groups excluding carboxylic acids is 2. The Morgan fingerprint density at radius 2 is 1.79 bits per heavy atom. The molecule has 6 nitrogen and oxygen atoms in total. The molecule has 0 atom stereocenters. The van der Waals surface area contributed by atoms with E-state index in [-0.39, 0.29) is 18.4 Å². The number of para-hydroxylation sites is 2. The number of hydrogen-bond donors (Lipinski definition) is 1. The molecule has 28 heavy (non-hydrogen) atoms. The van der Waals surface area contributed by atoms with Crippen LogP contribution in [0.4, 0.5) is 17.1 Å². The van der Waals surface area contributed by atoms with Crippen LogP contribution in [-0.4, -0.2) is 44.7 Å². The van der Waals surface area contributed by atoms with Crippen LogP contribution in [0.1, 0.15) is 18.1 Å². The van der Waals surface area contributed by atoms with Crippen LogP contribution in [0.2, 0.25) is 0 Å². The molecule has 3 rings (SSSR count). The van der Waals surface area contributed by atoms with Gasteiger partial charge in [-0.1, -0.05) is 24.3 Å². The van der Waals surface area contributed by atoms with Crippen molar-refractivity contribution in [3.63, 3.8) is 0 Å². The summed E-state index contributed by atoms with van der Waals surface area (Å²) in [6, 6.07) is 13.5. The molecule has 0 aromatic heterocycles. The summed E-state index contributed by atoms with van der Waals surface area (Å²) < 4.78 is 5.43. The Hall–Kier alpha value is -2.86. The zero-order valence-corrected chi connectivity index (χ0v) is 16.7. The number of nitrogens with zero attached hydrogens (tertiary/aromatic N) is 2. The third-order valence-electron chi connectivity index (χ3n) is 5.08. The van der Waals surface area contributed by atoms with Crippen molar-refractivity contribution in [2.24, 2.45) is 0 Å². The predicted octanol–water partition coefficient (Wildman–Crippen LogP) is 3.13. The van der Waals surface area contributed by atoms with Gasteiger partial charge in [0.1, 0.15) is 6.54 Å². The second-order valence-corrected chi connectivity index (χ2v) is 6.99. The van der Waals surface area contributed by atoms with Crippen molar-refractivity contribution in [3.05, 3.63) is 53.6 Å². The number of rotatable bonds is 5. The Labute approximate surface area is 166 Å². The van der Waals surface area contributed by atoms with Crippen LogP contribution in [0, 0.1) is 13.8 Å². The van der Waals surface area contributed by atoms with E-state index in [0.717, 1.165) is 41.3 Å². The van der Waals surface area contributed by atoms with Crippen LogP contribution in [0.15, 0.2) is 42.5 Å². The zero-order chi connectivity index (χ0) is 20.1. The number of nitrogens with one attached hydrogen (secondary N) is 1. The molecule has 1 N–H and O–H groups in total. The highest BCUT2D eigenvalue weighted by Crippen LogP contribution is 2.30. The lowest BCUT2D eigenvalue weighted by Gasteiger charge is -2.33. The Morgan fingerprint density at radius 3 is 2.50 bits per heavy atom. The fraction of sp³-hybridized carbons (Fsp3) is 0.364. The highest BCUT2D eigenvalue weighted by atomic mass is 16.5. The second kappa shape index (κ2) is 8.89. The first-order chi connectivity index (χ1) is 13.5. The summed E-state index contributed by atoms with van der Waals surface area (Å²) in [5, 5.41) is 2.94. The van der Waals surface area contributed by atoms with Crippen LogP contribution in [0.3, 0.4) is 0 Å². The number of ether oxygens (including phenoxy) is 1. The highest BCUT2D eigenvalue weighted by molar-refractivity contribution is 6.03. The van der Waals surface area contributed by atoms with Gasteiger partial charge in [0.15, 0.2) is 0 Å². The van der Waals surface area contributed by atoms with Gasteiger partial charge < -0.3 is 19.9 Å². The lowest BCUT2D eigenvalue weighted by Crippen LogP contribution is -2.40. The molecule has 0 saturated carbocycles. The van der Waals surface area contributed by atoms with Crippen molar-refractivity contribution in [2.75, 3.05) is 48.0 Å². The monoisotopic (exact) mass is 381 g/mol. The smallest absolute Gasteiger partial charge is 0.244 e. The number of hydrogen-bond acceptors (Lipinski definition) is 4. The SMILES string of the molecule is CC(=O)N(CC(=O)Nc1cccc(C)c1C)c1ccccc1N1CCOCC1. The number of carbonyl (C=O) groups is 2. The molecule has 1 saturated heterocycles. The molecule has 0 radical (unpaired) electrons. The van der Waals surface area contributed by atoms with E-state index in [4.69, 9.17) is 4.74 Å². The Kier molecular flexibility index (Phi) is 6.31. The van der Waals surface area contributed by atoms with Crippen molar-refractivity contribution in [3.8, 4) is 0 Å². The number of amides is 2. The van der Waals surface area contributed by atoms with E-state index in [9.17, 15) is 9.59 Å². The molecule has 0 aliphatic carbocycles. The van der Waals surface area contributed by atoms with Crippen LogP contribution in [0.5, 0.6) is 0 Å². The van der Waals surface area contributed by atoms with Gasteiger partial charge in [0.05, 0.1) is 24.6 Å². The normalized spacial score (nSPS) is 13.9. The highest BCUT2D eigenvalue weighted by Gasteiger charge is 2.22. The van der Waals surface area contributed by atoms with E-state index >= 15 is 0 Å². The summed E-state index contributed by atoms with van der Waals surface area (Å²) in [7, 11) is 0. The fourth-order valence-corrected chi connectivity index (χ4v) is 3.35. The summed E-state index contributed by atoms with van der Waals surface area (Å²) in [4.78, 5) is 28.8. The minimum absolute atomic E-state index is 0.0376. The summed E-state index contributed by atoms with van der Waals surface area (Å²) >= 11 is 0. The molecule has 6 heteroatoms. The first-order valence-electron chi connectivity index (χ1n) is 9.53. The van der Waals surface area contributed by atoms with Gasteiger partial charge in [-0.2, -0.15) is 0 Å². The maximum atomic E-state index is 12.7. The van der Waals surface area contributed by atoms with E-state index in [2.05, 4.69) is 10.2 Å². The maximum absolute atomic E-state index is 12.7. The molecule has 2 aromatic rings. The summed E-state index contributed by atoms with van der Waals surface area (Å²) in [5.41, 5.74) is 4.60. The van der Waals surface area contributed by atoms with Gasteiger partial charge in [-0.15, -0.1) is 0 Å². The summed E-state index contributed by atoms with van der Waals surface area (Å²) in [5.74, 6) is -0.391. The van der Waals surface area contributed by atoms with E-state index < -0.39 is 0 Å². The topological polar surface area (TPSA) is 61.9 Å². The quantitative estimate of drug-likeness (QED) is 0.864. The fourth-order valence-electron chi connectivity index (χ4n) is 3.35. The van der Waals surface area contributed by atoms with E-state index in [1.165, 1.54) is 11.8 Å². The Morgan fingerprint density at radius 1 is 1.07 bits per heavy atom. The van der Waals surface area contributed by atoms with Gasteiger partial charge in [0.2, 0.25) is 11.8 Å². The zero-order valence-electron chi connectivity index (χ0n) is 16.7. The maximum Gasteiger partial charge on any atom is 0.244 e. The molecular weight excluding hydrogens is 354 g/mol. The van der Waals surface area contributed by atoms with Crippen LogP contribution in [0.25, 0.3) is 0 Å². The van der Waals surface area contributed by atoms with Gasteiger partial charge in [-0.3, -0.25) is 9.59 Å². The molecule has 0 unspecified atom stereocenters. The number of morpholine rings is 1. The van der Waals surface area contributed by atoms with Gasteiger partial charge >= 0.3 is 0 Å². The van der Waals surface area contributed by atoms with E-state index in [1.807, 2.05) is 56.3 Å². The summed E-state index contributed by atoms with van der Waals surface area (Å²) in [6.45, 7) is 8.26. The standard InChI is InChI=1S/C22H27N3O3/c1-16-7-6-8-19(17(16)2)23-22(27)15-25(18(3)26)21-10-5-4-9-20(21)24-11-13-28-14-12-24/h4-10H,11-15H2,1-3H3,(H,23,27). The van der Waals surface area contributed by atoms with Crippen LogP contribution in [-0.2, 0) is 14.3 Å². The van der Waals surface area contributed by atoms with Gasteiger partial charge in [0.25, 0.3) is 0 Å². The number of benzene rings is 2. The largest absolute Gasteiger partial charge is 0.378 e. The third kappa shape index (κ3) is 4.51. The molecule has 2 amide bonds. The molecule has 1 aliphatic rings. The van der Waals surface area contributed by atoms with E-state index in [1.54, 1.807) is 0 Å². The summed E-state index contributed by atoms with van der Waals surface area (Å²) in [6.07, 6.45) is 0. The minimum Gasteiger partial charge on any atom is -0.378 e. The number of aryl methyl sites for hydroxylation is 1. The van der Waals surface area contributed by atoms with Crippen LogP contribution >= 0.6 is 0 Å². The van der Waals surface area contributed by atoms with Gasteiger partial charge in [-0.05, 0) is 43.2 Å². The molecule has 148 valence electrons. The van der Waals surface area contributed by atoms with E-state index in [0.29, 0.717) is 13.2 Å². The Balaban J connectivity index is 1.81. The van der Waals surface area contributed by atoms with Crippen molar-refractivity contribution in [1.29, 1.82) is 0 Å². The third-order valence-corrected chi connectivity index (χ3v) is 5.08. The Bertz CT molecular complexity index is 860. The molecule has 0 spiro atoms. The number of anilines is 3. The molecule has 1 aliphatic heterocycles. The molecule has 1 heterocycles. The first kappa shape index (κ1) is 19.9. The van der Waals surface area contributed by atoms with Crippen molar-refractivity contribution in [1.82, 2.24) is 0 Å². The first-order valence-corrected chi connectivity index (χ1v) is 9.53.